The molecule has 37 heavy (non-hydrogen) atoms. The van der Waals surface area contributed by atoms with E-state index in [2.05, 4.69) is 15.4 Å². The number of rotatable bonds is 7. The number of aryl methyl sites for hydroxylation is 2. The van der Waals surface area contributed by atoms with Gasteiger partial charge in [0.25, 0.3) is 5.91 Å². The Bertz CT molecular complexity index is 1340. The summed E-state index contributed by atoms with van der Waals surface area (Å²) in [5, 5.41) is 17.9. The summed E-state index contributed by atoms with van der Waals surface area (Å²) in [6.07, 6.45) is 1.13. The van der Waals surface area contributed by atoms with Gasteiger partial charge in [0.1, 0.15) is 28.7 Å². The lowest BCUT2D eigenvalue weighted by Gasteiger charge is -2.37. The maximum atomic E-state index is 12.9. The van der Waals surface area contributed by atoms with E-state index in [0.29, 0.717) is 41.7 Å². The minimum Gasteiger partial charge on any atom is -0.434 e. The van der Waals surface area contributed by atoms with E-state index in [1.807, 2.05) is 11.0 Å². The van der Waals surface area contributed by atoms with Crippen LogP contribution in [0.15, 0.2) is 12.3 Å². The summed E-state index contributed by atoms with van der Waals surface area (Å²) in [4.78, 5) is 34.5. The molecule has 0 aliphatic carbocycles. The molecule has 3 aromatic rings. The molecule has 0 bridgehead atoms. The topological polar surface area (TPSA) is 147 Å². The molecular weight excluding hydrogens is 522 g/mol. The van der Waals surface area contributed by atoms with Crippen molar-refractivity contribution < 1.29 is 23.8 Å². The highest BCUT2D eigenvalue weighted by molar-refractivity contribution is 7.18. The van der Waals surface area contributed by atoms with Gasteiger partial charge in [0.05, 0.1) is 23.8 Å². The molecule has 0 spiro atoms. The van der Waals surface area contributed by atoms with Gasteiger partial charge in [0.2, 0.25) is 5.06 Å². The van der Waals surface area contributed by atoms with Crippen LogP contribution < -0.4 is 15.0 Å². The lowest BCUT2D eigenvalue weighted by molar-refractivity contribution is 0.0540. The summed E-state index contributed by atoms with van der Waals surface area (Å²) < 4.78 is 17.7. The number of aromatic nitrogens is 4. The molecule has 3 aromatic heterocycles. The minimum atomic E-state index is -0.817. The number of ether oxygens (including phenoxy) is 3. The van der Waals surface area contributed by atoms with Crippen molar-refractivity contribution in [2.45, 2.75) is 32.4 Å². The number of hydrogen-bond acceptors (Lipinski definition) is 10. The largest absolute Gasteiger partial charge is 0.514 e. The van der Waals surface area contributed by atoms with E-state index in [9.17, 15) is 14.9 Å². The molecule has 1 saturated heterocycles. The lowest BCUT2D eigenvalue weighted by atomic mass is 10.0. The molecule has 2 N–H and O–H groups in total. The summed E-state index contributed by atoms with van der Waals surface area (Å²) >= 11 is 7.34. The predicted octanol–water partition coefficient (Wildman–Crippen LogP) is 3.26. The van der Waals surface area contributed by atoms with Crippen molar-refractivity contribution in [1.29, 1.82) is 5.26 Å². The second-order valence-corrected chi connectivity index (χ2v) is 9.62. The van der Waals surface area contributed by atoms with Crippen molar-refractivity contribution >= 4 is 40.1 Å². The van der Waals surface area contributed by atoms with Crippen LogP contribution in [0.1, 0.15) is 35.1 Å². The van der Waals surface area contributed by atoms with Crippen LogP contribution in [0.2, 0.25) is 5.02 Å². The van der Waals surface area contributed by atoms with Crippen LogP contribution in [-0.4, -0.2) is 70.8 Å². The molecule has 0 radical (unpaired) electrons. The molecule has 196 valence electrons. The molecule has 14 heteroatoms. The van der Waals surface area contributed by atoms with Crippen LogP contribution in [0.5, 0.6) is 5.06 Å². The third-order valence-corrected chi connectivity index (χ3v) is 7.34. The first-order valence-corrected chi connectivity index (χ1v) is 12.7. The van der Waals surface area contributed by atoms with Gasteiger partial charge in [-0.3, -0.25) is 9.48 Å². The summed E-state index contributed by atoms with van der Waals surface area (Å²) in [7, 11) is 3.35. The van der Waals surface area contributed by atoms with Crippen molar-refractivity contribution in [3.05, 3.63) is 34.2 Å². The zero-order valence-corrected chi connectivity index (χ0v) is 22.3. The highest BCUT2D eigenvalue weighted by atomic mass is 35.5. The molecule has 2 atom stereocenters. The first-order chi connectivity index (χ1) is 17.7. The van der Waals surface area contributed by atoms with E-state index < -0.39 is 12.1 Å². The van der Waals surface area contributed by atoms with Gasteiger partial charge in [0, 0.05) is 39.1 Å². The number of aromatic amines is 1. The monoisotopic (exact) mass is 547 g/mol. The number of piperidine rings is 1. The molecule has 4 rings (SSSR count). The molecule has 0 aromatic carbocycles. The lowest BCUT2D eigenvalue weighted by Crippen LogP contribution is -2.55. The Kier molecular flexibility index (Phi) is 8.01. The number of nitriles is 1. The first-order valence-electron chi connectivity index (χ1n) is 11.5. The van der Waals surface area contributed by atoms with Crippen LogP contribution in [0.3, 0.4) is 0 Å². The summed E-state index contributed by atoms with van der Waals surface area (Å²) in [6.45, 7) is 4.55. The van der Waals surface area contributed by atoms with Crippen LogP contribution in [0.4, 0.5) is 9.93 Å². The Morgan fingerprint density at radius 2 is 2.22 bits per heavy atom. The van der Waals surface area contributed by atoms with Gasteiger partial charge in [-0.05, 0) is 26.3 Å². The van der Waals surface area contributed by atoms with Gasteiger partial charge >= 0.3 is 6.16 Å². The van der Waals surface area contributed by atoms with Gasteiger partial charge in [-0.1, -0.05) is 22.9 Å². The number of methoxy groups -OCH3 is 1. The van der Waals surface area contributed by atoms with E-state index in [0.717, 1.165) is 0 Å². The SMILES string of the molecule is CCOC(=O)Oc1sc(N2CC[C@@H](NC(=O)c3[nH]c(C)c(Cl)c3C#N)[C@@H](OC)C2)nc1-c1ccn(C)n1. The molecule has 0 saturated carbocycles. The Labute approximate surface area is 222 Å². The van der Waals surface area contributed by atoms with Crippen molar-refractivity contribution in [2.75, 3.05) is 31.7 Å². The maximum absolute atomic E-state index is 12.9. The predicted molar refractivity (Wildman–Crippen MR) is 136 cm³/mol. The number of hydrogen-bond donors (Lipinski definition) is 2. The van der Waals surface area contributed by atoms with Gasteiger partial charge in [-0.2, -0.15) is 10.4 Å². The first kappa shape index (κ1) is 26.5. The molecule has 1 aliphatic rings. The summed E-state index contributed by atoms with van der Waals surface area (Å²) in [5.41, 5.74) is 1.78. The van der Waals surface area contributed by atoms with E-state index in [-0.39, 0.29) is 40.1 Å². The zero-order valence-electron chi connectivity index (χ0n) is 20.7. The van der Waals surface area contributed by atoms with Crippen LogP contribution in [0.25, 0.3) is 11.4 Å². The molecule has 0 unspecified atom stereocenters. The Morgan fingerprint density at radius 1 is 1.43 bits per heavy atom. The zero-order chi connectivity index (χ0) is 26.7. The number of anilines is 1. The van der Waals surface area contributed by atoms with Crippen molar-refractivity contribution in [3.8, 4) is 22.5 Å². The number of nitrogens with one attached hydrogen (secondary N) is 2. The quantitative estimate of drug-likeness (QED) is 0.425. The molecule has 1 aliphatic heterocycles. The highest BCUT2D eigenvalue weighted by Gasteiger charge is 2.34. The summed E-state index contributed by atoms with van der Waals surface area (Å²) in [6, 6.07) is 3.45. The molecule has 4 heterocycles. The van der Waals surface area contributed by atoms with Crippen LogP contribution in [-0.2, 0) is 16.5 Å². The summed E-state index contributed by atoms with van der Waals surface area (Å²) in [5.74, 6) is -0.427. The average Bonchev–Trinajstić information content (AvgIpc) is 3.56. The fourth-order valence-electron chi connectivity index (χ4n) is 4.04. The number of nitrogens with zero attached hydrogens (tertiary/aromatic N) is 5. The van der Waals surface area contributed by atoms with Gasteiger partial charge < -0.3 is 29.4 Å². The number of carbonyl (C=O) groups is 2. The van der Waals surface area contributed by atoms with E-state index in [4.69, 9.17) is 30.8 Å². The number of thiazole rings is 1. The minimum absolute atomic E-state index is 0.113. The van der Waals surface area contributed by atoms with Crippen molar-refractivity contribution in [2.24, 2.45) is 7.05 Å². The fraction of sp³-hybridized carbons (Fsp3) is 0.435. The third kappa shape index (κ3) is 5.56. The average molecular weight is 548 g/mol. The van der Waals surface area contributed by atoms with E-state index in [1.54, 1.807) is 44.9 Å². The normalized spacial score (nSPS) is 17.4. The third-order valence-electron chi connectivity index (χ3n) is 5.88. The number of H-pyrrole nitrogens is 1. The molecule has 1 amide bonds. The molecular formula is C23H26ClN7O5S. The second-order valence-electron chi connectivity index (χ2n) is 8.31. The van der Waals surface area contributed by atoms with Gasteiger partial charge in [-0.15, -0.1) is 0 Å². The fourth-order valence-corrected chi connectivity index (χ4v) is 5.18. The molecule has 12 nitrogen and oxygen atoms in total. The van der Waals surface area contributed by atoms with Gasteiger partial charge in [-0.25, -0.2) is 9.78 Å². The number of carbonyl (C=O) groups excluding carboxylic acids is 2. The standard InChI is InChI=1S/C23H26ClN7O5S/c1-5-35-23(33)36-21-19(15-6-8-30(3)29-15)28-22(37-21)31-9-7-14(16(11-31)34-4)27-20(32)18-13(10-25)17(24)12(2)26-18/h6,8,14,16,26H,5,7,9,11H2,1-4H3,(H,27,32)/t14-,16+/m1/s1. The maximum Gasteiger partial charge on any atom is 0.514 e. The highest BCUT2D eigenvalue weighted by Crippen LogP contribution is 2.40. The van der Waals surface area contributed by atoms with Crippen LogP contribution in [0, 0.1) is 18.3 Å². The number of halogens is 1. The smallest absolute Gasteiger partial charge is 0.434 e. The van der Waals surface area contributed by atoms with Crippen molar-refractivity contribution in [3.63, 3.8) is 0 Å². The van der Waals surface area contributed by atoms with E-state index >= 15 is 0 Å². The second kappa shape index (κ2) is 11.2. The van der Waals surface area contributed by atoms with E-state index in [1.165, 1.54) is 11.3 Å². The Hall–Kier alpha value is -3.60. The van der Waals surface area contributed by atoms with Crippen LogP contribution >= 0.6 is 22.9 Å². The molecule has 1 fully saturated rings. The van der Waals surface area contributed by atoms with Gasteiger partial charge in [0.15, 0.2) is 5.13 Å². The number of amides is 1. The van der Waals surface area contributed by atoms with Crippen molar-refractivity contribution in [1.82, 2.24) is 25.1 Å². The Balaban J connectivity index is 1.52. The Morgan fingerprint density at radius 3 is 2.86 bits per heavy atom.